The number of carbonyl (C=O) groups is 4. The number of rotatable bonds is 24. The van der Waals surface area contributed by atoms with Crippen molar-refractivity contribution >= 4 is 86.8 Å². The molecule has 0 radical (unpaired) electrons. The fraction of sp³-hybridized carbons (Fsp3) is 0.606. The molecule has 2 unspecified atom stereocenters. The third-order valence-electron chi connectivity index (χ3n) is 16.2. The van der Waals surface area contributed by atoms with Crippen LogP contribution in [0.3, 0.4) is 0 Å². The van der Waals surface area contributed by atoms with Crippen LogP contribution >= 0.6 is 11.6 Å². The van der Waals surface area contributed by atoms with Crippen LogP contribution in [0.2, 0.25) is 5.28 Å². The number of aromatic nitrogens is 8. The van der Waals surface area contributed by atoms with Gasteiger partial charge in [0.05, 0.1) is 40.1 Å². The Morgan fingerprint density at radius 3 is 1.40 bits per heavy atom. The van der Waals surface area contributed by atoms with Crippen molar-refractivity contribution in [2.24, 2.45) is 0 Å². The molecule has 0 spiro atoms. The standard InChI is InChI=1S/C31H44N6O4.C17H24ClN5O.C14H21NO3.2C2H4O2.Pd/c1-36(24-12-6-5-7-13-24)29-28-30(37(22-32-28)26-14-9-11-21-41-26)35-31(34-29)33-23-16-18-25(19-17-23)40-20-10-4-3-8-15-27(38)39-2;1-22(12-7-3-2-4-8-12)15-14-16(21-17(18)20-15)23(11-19-14)13-9-5-6-10-24-13;1-17-14(16)6-4-2-3-5-11-18-13-9-7-12(15)8-10-13;2*1-2(3)4;/h16-19,22,24,26H,3-15,20-21H2,1-2H3,(H,33,34,35);11-13H,2-10H2,1H3;7-10H,2-6,11,15H2,1H3;2*1H3,(H,3,4);. The molecule has 26 heteroatoms. The van der Waals surface area contributed by atoms with Crippen LogP contribution in [0.4, 0.5) is 29.0 Å². The molecule has 4 aromatic heterocycles. The number of methoxy groups -OCH3 is 2. The number of ether oxygens (including phenoxy) is 6. The molecule has 4 aliphatic rings. The van der Waals surface area contributed by atoms with Crippen LogP contribution in [0.5, 0.6) is 11.5 Å². The number of nitrogens with one attached hydrogen (secondary N) is 1. The molecule has 2 aromatic carbocycles. The fourth-order valence-electron chi connectivity index (χ4n) is 11.3. The second-order valence-electron chi connectivity index (χ2n) is 23.2. The molecule has 2 aliphatic carbocycles. The van der Waals surface area contributed by atoms with Crippen molar-refractivity contribution in [3.63, 3.8) is 0 Å². The van der Waals surface area contributed by atoms with Gasteiger partial charge in [0, 0.05) is 97.9 Å². The van der Waals surface area contributed by atoms with E-state index in [9.17, 15) is 9.59 Å². The van der Waals surface area contributed by atoms with Crippen LogP contribution in [-0.2, 0) is 58.5 Å². The maximum atomic E-state index is 11.2. The maximum Gasteiger partial charge on any atom is 0.305 e. The predicted molar refractivity (Wildman–Crippen MR) is 352 cm³/mol. The van der Waals surface area contributed by atoms with Gasteiger partial charge < -0.3 is 59.5 Å². The molecule has 10 rings (SSSR count). The maximum absolute atomic E-state index is 11.2. The molecule has 6 aromatic rings. The van der Waals surface area contributed by atoms with E-state index in [0.717, 1.165) is 174 Å². The first-order chi connectivity index (χ1) is 44.0. The summed E-state index contributed by atoms with van der Waals surface area (Å²) in [6.45, 7) is 5.06. The number of nitrogen functional groups attached to an aromatic ring is 1. The summed E-state index contributed by atoms with van der Waals surface area (Å²) in [5, 5.41) is 18.5. The Bertz CT molecular complexity index is 3100. The number of halogens is 1. The Balaban J connectivity index is 0.000000255. The van der Waals surface area contributed by atoms with Crippen LogP contribution in [0.25, 0.3) is 22.3 Å². The molecule has 92 heavy (non-hydrogen) atoms. The van der Waals surface area contributed by atoms with E-state index in [0.29, 0.717) is 44.1 Å². The van der Waals surface area contributed by atoms with Gasteiger partial charge in [-0.25, -0.2) is 9.97 Å². The molecule has 2 saturated carbocycles. The molecule has 510 valence electrons. The molecule has 6 heterocycles. The first-order valence-corrected chi connectivity index (χ1v) is 32.8. The monoisotopic (exact) mass is 1390 g/mol. The zero-order chi connectivity index (χ0) is 65.3. The molecule has 4 fully saturated rings. The van der Waals surface area contributed by atoms with Crippen LogP contribution < -0.4 is 30.3 Å². The van der Waals surface area contributed by atoms with Crippen molar-refractivity contribution < 1.29 is 78.2 Å². The van der Waals surface area contributed by atoms with Crippen molar-refractivity contribution in [1.29, 1.82) is 0 Å². The molecule has 2 saturated heterocycles. The number of esters is 2. The van der Waals surface area contributed by atoms with Crippen LogP contribution in [0.1, 0.15) is 193 Å². The third-order valence-corrected chi connectivity index (χ3v) is 16.3. The van der Waals surface area contributed by atoms with Crippen molar-refractivity contribution in [2.45, 2.75) is 205 Å². The number of carboxylic acid groups (broad SMARTS) is 2. The van der Waals surface area contributed by atoms with Crippen molar-refractivity contribution in [2.75, 3.05) is 75.6 Å². The van der Waals surface area contributed by atoms with Gasteiger partial charge in [-0.15, -0.1) is 0 Å². The van der Waals surface area contributed by atoms with Gasteiger partial charge in [0.2, 0.25) is 11.2 Å². The van der Waals surface area contributed by atoms with E-state index in [1.807, 2.05) is 65.8 Å². The number of hydrogen-bond acceptors (Lipinski definition) is 20. The number of imidazole rings is 2. The van der Waals surface area contributed by atoms with Crippen LogP contribution in [0, 0.1) is 0 Å². The Morgan fingerprint density at radius 2 is 0.978 bits per heavy atom. The summed E-state index contributed by atoms with van der Waals surface area (Å²) in [6, 6.07) is 16.3. The van der Waals surface area contributed by atoms with E-state index in [2.05, 4.69) is 58.2 Å². The summed E-state index contributed by atoms with van der Waals surface area (Å²) in [7, 11) is 7.09. The normalized spacial score (nSPS) is 16.4. The van der Waals surface area contributed by atoms with Gasteiger partial charge in [0.25, 0.3) is 11.9 Å². The summed E-state index contributed by atoms with van der Waals surface area (Å²) in [5.74, 6) is 1.99. The van der Waals surface area contributed by atoms with Crippen molar-refractivity contribution in [1.82, 2.24) is 39.0 Å². The largest absolute Gasteiger partial charge is 0.494 e. The predicted octanol–water partition coefficient (Wildman–Crippen LogP) is 13.4. The number of hydrogen-bond donors (Lipinski definition) is 4. The number of benzene rings is 2. The summed E-state index contributed by atoms with van der Waals surface area (Å²) in [4.78, 5) is 72.8. The minimum Gasteiger partial charge on any atom is -0.494 e. The van der Waals surface area contributed by atoms with E-state index in [1.54, 1.807) is 0 Å². The number of nitrogens with zero attached hydrogens (tertiary/aromatic N) is 10. The molecule has 2 aliphatic heterocycles. The van der Waals surface area contributed by atoms with Gasteiger partial charge in [-0.1, -0.05) is 64.2 Å². The van der Waals surface area contributed by atoms with E-state index in [4.69, 9.17) is 71.0 Å². The van der Waals surface area contributed by atoms with Gasteiger partial charge in [0.1, 0.15) is 24.0 Å². The topological polar surface area (TPSA) is 296 Å². The minimum atomic E-state index is -0.833. The number of carbonyl (C=O) groups excluding carboxylic acids is 2. The summed E-state index contributed by atoms with van der Waals surface area (Å²) < 4.78 is 36.8. The van der Waals surface area contributed by atoms with Gasteiger partial charge in [-0.3, -0.25) is 28.3 Å². The first-order valence-electron chi connectivity index (χ1n) is 32.4. The molecule has 0 bridgehead atoms. The van der Waals surface area contributed by atoms with Crippen LogP contribution in [-0.4, -0.2) is 140 Å². The quantitative estimate of drug-likeness (QED) is 0.0144. The zero-order valence-corrected chi connectivity index (χ0v) is 56.8. The van der Waals surface area contributed by atoms with Gasteiger partial charge in [-0.05, 0) is 150 Å². The van der Waals surface area contributed by atoms with Crippen molar-refractivity contribution in [3.05, 3.63) is 66.5 Å². The Labute approximate surface area is 560 Å². The van der Waals surface area contributed by atoms with Crippen molar-refractivity contribution in [3.8, 4) is 11.5 Å². The van der Waals surface area contributed by atoms with E-state index < -0.39 is 11.9 Å². The number of carboxylic acids is 2. The van der Waals surface area contributed by atoms with Crippen LogP contribution in [0.15, 0.2) is 61.2 Å². The Morgan fingerprint density at radius 1 is 0.576 bits per heavy atom. The zero-order valence-electron chi connectivity index (χ0n) is 54.5. The van der Waals surface area contributed by atoms with E-state index >= 15 is 0 Å². The summed E-state index contributed by atoms with van der Waals surface area (Å²) >= 11 is 6.24. The molecule has 5 N–H and O–H groups in total. The number of aliphatic carboxylic acids is 2. The summed E-state index contributed by atoms with van der Waals surface area (Å²) in [5.41, 5.74) is 10.4. The number of fused-ring (bicyclic) bond motifs is 2. The summed E-state index contributed by atoms with van der Waals surface area (Å²) in [6.07, 6.45) is 31.3. The smallest absolute Gasteiger partial charge is 0.305 e. The molecular formula is C66H97ClN12O12Pd. The molecule has 2 atom stereocenters. The van der Waals surface area contributed by atoms with Gasteiger partial charge in [0.15, 0.2) is 34.0 Å². The average molecular weight is 1390 g/mol. The molecular weight excluding hydrogens is 1290 g/mol. The van der Waals surface area contributed by atoms with E-state index in [-0.39, 0.29) is 50.1 Å². The fourth-order valence-corrected chi connectivity index (χ4v) is 11.4. The van der Waals surface area contributed by atoms with Gasteiger partial charge >= 0.3 is 11.9 Å². The minimum absolute atomic E-state index is 0. The Hall–Kier alpha value is -6.91. The molecule has 0 amide bonds. The number of anilines is 5. The number of nitrogens with two attached hydrogens (primary N) is 1. The third kappa shape index (κ3) is 25.9. The molecule has 24 nitrogen and oxygen atoms in total. The van der Waals surface area contributed by atoms with Gasteiger partial charge in [-0.2, -0.15) is 19.9 Å². The SMILES string of the molecule is CC(=O)O.CC(=O)O.CN(c1nc(Cl)nc2c1ncn2C1CCCCO1)C1CCCCC1.COC(=O)CCCCCCOc1ccc(N)cc1.COC(=O)CCCCCCOc1ccc(Nc2nc(N(C)C3CCCCC3)c3ncn(C4CCCCO4)c3n2)cc1.[Pd]. The second kappa shape index (κ2) is 41.6. The Kier molecular flexibility index (Phi) is 34.3. The van der Waals surface area contributed by atoms with E-state index in [1.165, 1.54) is 78.4 Å². The number of unbranched alkanes of at least 4 members (excludes halogenated alkanes) is 6. The average Bonchev–Trinajstić information content (AvgIpc) is 1.70. The second-order valence-corrected chi connectivity index (χ2v) is 23.6. The first kappa shape index (κ1) is 75.8.